The van der Waals surface area contributed by atoms with Gasteiger partial charge in [0.15, 0.2) is 0 Å². The molecule has 0 saturated heterocycles. The molecule has 0 saturated carbocycles. The summed E-state index contributed by atoms with van der Waals surface area (Å²) in [5, 5.41) is 5.94. The Labute approximate surface area is 209 Å². The SMILES string of the molecule is [Cl][Co][Cl].c1ccc(P(CCCP(c2ccccc2)c2ccccc2)c2ccccc2)cc1. The van der Waals surface area contributed by atoms with Crippen LogP contribution in [0.5, 0.6) is 0 Å². The second kappa shape index (κ2) is 14.9. The first kappa shape index (κ1) is 25.4. The van der Waals surface area contributed by atoms with Crippen molar-refractivity contribution >= 4 is 57.4 Å². The molecule has 0 amide bonds. The fourth-order valence-corrected chi connectivity index (χ4v) is 8.59. The fourth-order valence-electron chi connectivity index (χ4n) is 3.63. The van der Waals surface area contributed by atoms with Gasteiger partial charge in [-0.05, 0) is 55.8 Å². The van der Waals surface area contributed by atoms with Crippen molar-refractivity contribution in [1.29, 1.82) is 0 Å². The zero-order valence-electron chi connectivity index (χ0n) is 17.7. The summed E-state index contributed by atoms with van der Waals surface area (Å²) in [6, 6.07) is 44.3. The van der Waals surface area contributed by atoms with Crippen molar-refractivity contribution < 1.29 is 12.9 Å². The third kappa shape index (κ3) is 8.00. The molecule has 4 rings (SSSR count). The first-order valence-corrected chi connectivity index (χ1v) is 16.3. The molecule has 0 spiro atoms. The number of benzene rings is 4. The summed E-state index contributed by atoms with van der Waals surface area (Å²) in [6.07, 6.45) is 3.72. The van der Waals surface area contributed by atoms with Gasteiger partial charge in [-0.25, -0.2) is 0 Å². The van der Waals surface area contributed by atoms with E-state index in [1.807, 2.05) is 0 Å². The van der Waals surface area contributed by atoms with Gasteiger partial charge in [0.25, 0.3) is 0 Å². The van der Waals surface area contributed by atoms with Crippen molar-refractivity contribution in [3.8, 4) is 0 Å². The molecule has 0 aromatic heterocycles. The molecule has 167 valence electrons. The van der Waals surface area contributed by atoms with Gasteiger partial charge in [0.05, 0.1) is 0 Å². The van der Waals surface area contributed by atoms with Crippen LogP contribution >= 0.6 is 36.1 Å². The third-order valence-corrected chi connectivity index (χ3v) is 10.2. The van der Waals surface area contributed by atoms with Gasteiger partial charge in [-0.3, -0.25) is 0 Å². The molecular formula is C27H26Cl2CoP2. The van der Waals surface area contributed by atoms with E-state index in [1.54, 1.807) is 0 Å². The first-order valence-electron chi connectivity index (χ1n) is 10.4. The van der Waals surface area contributed by atoms with Crippen LogP contribution in [-0.4, -0.2) is 12.3 Å². The zero-order chi connectivity index (χ0) is 22.4. The Kier molecular flexibility index (Phi) is 11.8. The van der Waals surface area contributed by atoms with Crippen LogP contribution in [0.25, 0.3) is 0 Å². The molecule has 0 unspecified atom stereocenters. The summed E-state index contributed by atoms with van der Waals surface area (Å²) < 4.78 is 0. The molecule has 0 fully saturated rings. The number of hydrogen-bond donors (Lipinski definition) is 0. The number of hydrogen-bond acceptors (Lipinski definition) is 0. The van der Waals surface area contributed by atoms with E-state index in [4.69, 9.17) is 20.3 Å². The maximum absolute atomic E-state index is 4.73. The minimum Gasteiger partial charge on any atom is -0.0622 e. The topological polar surface area (TPSA) is 0 Å². The van der Waals surface area contributed by atoms with Crippen molar-refractivity contribution in [1.82, 2.24) is 0 Å². The molecule has 0 N–H and O–H groups in total. The average molecular weight is 542 g/mol. The van der Waals surface area contributed by atoms with Gasteiger partial charge in [-0.1, -0.05) is 121 Å². The fraction of sp³-hybridized carbons (Fsp3) is 0.111. The van der Waals surface area contributed by atoms with E-state index >= 15 is 0 Å². The van der Waals surface area contributed by atoms with Crippen molar-refractivity contribution in [2.24, 2.45) is 0 Å². The molecule has 0 bridgehead atoms. The van der Waals surface area contributed by atoms with E-state index in [9.17, 15) is 0 Å². The zero-order valence-corrected chi connectivity index (χ0v) is 22.0. The van der Waals surface area contributed by atoms with Crippen LogP contribution in [0.15, 0.2) is 121 Å². The quantitative estimate of drug-likeness (QED) is 0.210. The molecule has 5 heteroatoms. The Bertz CT molecular complexity index is 841. The van der Waals surface area contributed by atoms with Crippen LogP contribution in [0.3, 0.4) is 0 Å². The van der Waals surface area contributed by atoms with Crippen LogP contribution in [0.1, 0.15) is 6.42 Å². The average Bonchev–Trinajstić information content (AvgIpc) is 2.87. The van der Waals surface area contributed by atoms with Gasteiger partial charge >= 0.3 is 33.2 Å². The Morgan fingerprint density at radius 2 is 0.656 bits per heavy atom. The third-order valence-electron chi connectivity index (χ3n) is 5.03. The van der Waals surface area contributed by atoms with Gasteiger partial charge in [0, 0.05) is 0 Å². The molecule has 4 aromatic rings. The molecule has 0 radical (unpaired) electrons. The summed E-state index contributed by atoms with van der Waals surface area (Å²) in [6.45, 7) is 0. The molecule has 0 aliphatic heterocycles. The Balaban J connectivity index is 0.000000913. The summed E-state index contributed by atoms with van der Waals surface area (Å²) in [5.41, 5.74) is 0. The molecule has 0 atom stereocenters. The Morgan fingerprint density at radius 3 is 0.875 bits per heavy atom. The van der Waals surface area contributed by atoms with Crippen LogP contribution in [0.2, 0.25) is 0 Å². The standard InChI is InChI=1S/C27H26P2.2ClH.Co/c1-5-14-24(15-6-1)28(25-16-7-2-8-17-25)22-13-23-29(26-18-9-3-10-19-26)27-20-11-4-12-21-27;;;/h1-12,14-21H,13,22-23H2;2*1H;/q;;;+2/p-2. The van der Waals surface area contributed by atoms with Gasteiger partial charge in [0.2, 0.25) is 0 Å². The van der Waals surface area contributed by atoms with E-state index in [-0.39, 0.29) is 15.8 Å². The molecule has 0 nitrogen and oxygen atoms in total. The van der Waals surface area contributed by atoms with Gasteiger partial charge in [0.1, 0.15) is 0 Å². The van der Waals surface area contributed by atoms with Gasteiger partial charge in [-0.2, -0.15) is 0 Å². The van der Waals surface area contributed by atoms with E-state index in [0.29, 0.717) is 12.9 Å². The molecule has 0 heterocycles. The second-order valence-corrected chi connectivity index (χ2v) is 13.4. The smallest absolute Gasteiger partial charge is 0.0195 e. The molecular weight excluding hydrogens is 516 g/mol. The summed E-state index contributed by atoms with van der Waals surface area (Å²) >= 11 is 0.382. The molecule has 4 aromatic carbocycles. The van der Waals surface area contributed by atoms with Crippen LogP contribution in [0, 0.1) is 0 Å². The van der Waals surface area contributed by atoms with Crippen molar-refractivity contribution in [3.63, 3.8) is 0 Å². The van der Waals surface area contributed by atoms with E-state index in [2.05, 4.69) is 121 Å². The maximum atomic E-state index is 4.73. The van der Waals surface area contributed by atoms with E-state index in [0.717, 1.165) is 0 Å². The predicted molar refractivity (Wildman–Crippen MR) is 144 cm³/mol. The largest absolute Gasteiger partial charge is 0.0622 e. The van der Waals surface area contributed by atoms with E-state index in [1.165, 1.54) is 40.0 Å². The summed E-state index contributed by atoms with van der Waals surface area (Å²) in [4.78, 5) is 0. The Morgan fingerprint density at radius 1 is 0.438 bits per heavy atom. The van der Waals surface area contributed by atoms with Gasteiger partial charge < -0.3 is 0 Å². The summed E-state index contributed by atoms with van der Waals surface area (Å²) in [7, 11) is 8.85. The number of halogens is 2. The second-order valence-electron chi connectivity index (χ2n) is 7.05. The molecule has 32 heavy (non-hydrogen) atoms. The maximum Gasteiger partial charge on any atom is -0.0195 e. The normalized spacial score (nSPS) is 10.8. The van der Waals surface area contributed by atoms with Crippen LogP contribution in [-0.2, 0) is 12.9 Å². The first-order chi connectivity index (χ1) is 15.8. The van der Waals surface area contributed by atoms with Crippen LogP contribution in [0.4, 0.5) is 0 Å². The minimum absolute atomic E-state index is 0.309. The number of rotatable bonds is 8. The van der Waals surface area contributed by atoms with Crippen molar-refractivity contribution in [2.75, 3.05) is 12.3 Å². The van der Waals surface area contributed by atoms with Gasteiger partial charge in [-0.15, -0.1) is 0 Å². The predicted octanol–water partition coefficient (Wildman–Crippen LogP) is 7.02. The summed E-state index contributed by atoms with van der Waals surface area (Å²) in [5.74, 6) is 0. The molecule has 0 aliphatic rings. The van der Waals surface area contributed by atoms with Crippen molar-refractivity contribution in [3.05, 3.63) is 121 Å². The minimum atomic E-state index is -0.309. The van der Waals surface area contributed by atoms with E-state index < -0.39 is 0 Å². The van der Waals surface area contributed by atoms with Crippen LogP contribution < -0.4 is 21.2 Å². The monoisotopic (exact) mass is 541 g/mol. The van der Waals surface area contributed by atoms with Crippen molar-refractivity contribution in [2.45, 2.75) is 6.42 Å². The Hall–Kier alpha value is -1.17. The molecule has 0 aliphatic carbocycles.